The van der Waals surface area contributed by atoms with Crippen molar-refractivity contribution in [3.63, 3.8) is 0 Å². The number of benzene rings is 1. The molecule has 0 bridgehead atoms. The van der Waals surface area contributed by atoms with E-state index < -0.39 is 12.1 Å². The van der Waals surface area contributed by atoms with Crippen molar-refractivity contribution in [2.24, 2.45) is 0 Å². The van der Waals surface area contributed by atoms with Gasteiger partial charge in [-0.05, 0) is 31.5 Å². The minimum Gasteiger partial charge on any atom is -0.481 e. The number of carboxylic acid groups (broad SMARTS) is 1. The summed E-state index contributed by atoms with van der Waals surface area (Å²) < 4.78 is 5.50. The smallest absolute Gasteiger partial charge is 0.307 e. The third-order valence-electron chi connectivity index (χ3n) is 2.89. The molecule has 0 aromatic heterocycles. The van der Waals surface area contributed by atoms with Gasteiger partial charge in [0.2, 0.25) is 0 Å². The Bertz CT molecular complexity index is 498. The van der Waals surface area contributed by atoms with Gasteiger partial charge in [0.05, 0.1) is 12.1 Å². The highest BCUT2D eigenvalue weighted by molar-refractivity contribution is 6.01. The van der Waals surface area contributed by atoms with Gasteiger partial charge in [-0.1, -0.05) is 6.07 Å². The number of likely N-dealkylation sites (N-methyl/N-ethyl adjacent to an activating group) is 1. The lowest BCUT2D eigenvalue weighted by Crippen LogP contribution is -2.46. The number of carbonyl (C=O) groups excluding carboxylic acids is 1. The van der Waals surface area contributed by atoms with Crippen molar-refractivity contribution >= 4 is 17.6 Å². The zero-order chi connectivity index (χ0) is 13.3. The minimum atomic E-state index is -1.04. The maximum Gasteiger partial charge on any atom is 0.307 e. The van der Waals surface area contributed by atoms with Crippen molar-refractivity contribution in [1.82, 2.24) is 0 Å². The molecule has 1 aliphatic heterocycles. The van der Waals surface area contributed by atoms with Crippen LogP contribution in [0.25, 0.3) is 0 Å². The number of carbonyl (C=O) groups is 2. The van der Waals surface area contributed by atoms with Crippen LogP contribution in [0.3, 0.4) is 0 Å². The van der Waals surface area contributed by atoms with Crippen LogP contribution in [0.15, 0.2) is 18.2 Å². The Morgan fingerprint density at radius 2 is 2.22 bits per heavy atom. The highest BCUT2D eigenvalue weighted by atomic mass is 16.5. The van der Waals surface area contributed by atoms with E-state index in [9.17, 15) is 9.59 Å². The van der Waals surface area contributed by atoms with Crippen molar-refractivity contribution < 1.29 is 19.4 Å². The molecular formula is C13H15NO4. The molecule has 2 rings (SSSR count). The zero-order valence-electron chi connectivity index (χ0n) is 10.3. The van der Waals surface area contributed by atoms with Gasteiger partial charge in [0.25, 0.3) is 5.91 Å². The van der Waals surface area contributed by atoms with E-state index in [2.05, 4.69) is 0 Å². The first-order valence-corrected chi connectivity index (χ1v) is 5.83. The molecule has 0 radical (unpaired) electrons. The van der Waals surface area contributed by atoms with Gasteiger partial charge in [0.1, 0.15) is 5.75 Å². The second-order valence-corrected chi connectivity index (χ2v) is 4.26. The van der Waals surface area contributed by atoms with Crippen LogP contribution in [0.4, 0.5) is 5.69 Å². The van der Waals surface area contributed by atoms with E-state index >= 15 is 0 Å². The number of rotatable bonds is 3. The van der Waals surface area contributed by atoms with Crippen LogP contribution in [-0.4, -0.2) is 29.6 Å². The molecule has 5 nitrogen and oxygen atoms in total. The van der Waals surface area contributed by atoms with Crippen LogP contribution in [0.5, 0.6) is 5.75 Å². The molecule has 0 spiro atoms. The van der Waals surface area contributed by atoms with E-state index in [1.54, 1.807) is 4.90 Å². The van der Waals surface area contributed by atoms with E-state index in [4.69, 9.17) is 9.84 Å². The topological polar surface area (TPSA) is 66.8 Å². The summed E-state index contributed by atoms with van der Waals surface area (Å²) in [5, 5.41) is 8.79. The first kappa shape index (κ1) is 12.4. The molecule has 1 N–H and O–H groups in total. The fourth-order valence-electron chi connectivity index (χ4n) is 2.05. The number of carboxylic acids is 1. The molecule has 0 fully saturated rings. The summed E-state index contributed by atoms with van der Waals surface area (Å²) in [7, 11) is 0. The highest BCUT2D eigenvalue weighted by Gasteiger charge is 2.34. The van der Waals surface area contributed by atoms with Crippen LogP contribution in [-0.2, 0) is 9.59 Å². The molecule has 18 heavy (non-hydrogen) atoms. The standard InChI is InChI=1S/C13H15NO4/c1-3-14-9-5-4-8(2)6-10(9)18-11(13(14)17)7-12(15)16/h4-6,11H,3,7H2,1-2H3,(H,15,16). The number of nitrogens with zero attached hydrogens (tertiary/aromatic N) is 1. The number of hydrogen-bond donors (Lipinski definition) is 1. The largest absolute Gasteiger partial charge is 0.481 e. The Hall–Kier alpha value is -2.04. The SMILES string of the molecule is CCN1C(=O)C(CC(=O)O)Oc2cc(C)ccc21. The Labute approximate surface area is 105 Å². The normalized spacial score (nSPS) is 18.2. The predicted molar refractivity (Wildman–Crippen MR) is 65.9 cm³/mol. The minimum absolute atomic E-state index is 0.295. The van der Waals surface area contributed by atoms with Crippen LogP contribution >= 0.6 is 0 Å². The van der Waals surface area contributed by atoms with Crippen molar-refractivity contribution in [3.8, 4) is 5.75 Å². The second kappa shape index (κ2) is 4.68. The van der Waals surface area contributed by atoms with E-state index in [1.165, 1.54) is 0 Å². The molecule has 1 unspecified atom stereocenters. The number of aryl methyl sites for hydroxylation is 1. The van der Waals surface area contributed by atoms with Gasteiger partial charge in [-0.3, -0.25) is 9.59 Å². The quantitative estimate of drug-likeness (QED) is 0.883. The second-order valence-electron chi connectivity index (χ2n) is 4.26. The first-order valence-electron chi connectivity index (χ1n) is 5.83. The van der Waals surface area contributed by atoms with Gasteiger partial charge in [-0.25, -0.2) is 0 Å². The highest BCUT2D eigenvalue weighted by Crippen LogP contribution is 2.35. The molecule has 0 saturated heterocycles. The monoisotopic (exact) mass is 249 g/mol. The van der Waals surface area contributed by atoms with Gasteiger partial charge in [-0.2, -0.15) is 0 Å². The van der Waals surface area contributed by atoms with Crippen LogP contribution < -0.4 is 9.64 Å². The van der Waals surface area contributed by atoms with E-state index in [0.29, 0.717) is 18.0 Å². The van der Waals surface area contributed by atoms with Gasteiger partial charge in [0, 0.05) is 6.54 Å². The Balaban J connectivity index is 2.39. The van der Waals surface area contributed by atoms with Crippen molar-refractivity contribution in [1.29, 1.82) is 0 Å². The summed E-state index contributed by atoms with van der Waals surface area (Å²) in [6.45, 7) is 4.27. The number of aliphatic carboxylic acids is 1. The fourth-order valence-corrected chi connectivity index (χ4v) is 2.05. The summed E-state index contributed by atoms with van der Waals surface area (Å²) in [6, 6.07) is 5.54. The molecule has 0 aliphatic carbocycles. The maximum atomic E-state index is 12.1. The van der Waals surface area contributed by atoms with E-state index in [0.717, 1.165) is 5.56 Å². The molecule has 1 aromatic carbocycles. The van der Waals surface area contributed by atoms with Gasteiger partial charge in [0.15, 0.2) is 6.10 Å². The molecular weight excluding hydrogens is 234 g/mol. The summed E-state index contributed by atoms with van der Waals surface area (Å²) in [6.07, 6.45) is -1.25. The van der Waals surface area contributed by atoms with E-state index in [-0.39, 0.29) is 12.3 Å². The van der Waals surface area contributed by atoms with Gasteiger partial charge < -0.3 is 14.7 Å². The average molecular weight is 249 g/mol. The summed E-state index contributed by atoms with van der Waals surface area (Å²) in [5.74, 6) is -0.764. The molecule has 5 heteroatoms. The molecule has 1 amide bonds. The van der Waals surface area contributed by atoms with Gasteiger partial charge in [-0.15, -0.1) is 0 Å². The van der Waals surface area contributed by atoms with Crippen molar-refractivity contribution in [3.05, 3.63) is 23.8 Å². The van der Waals surface area contributed by atoms with Crippen molar-refractivity contribution in [2.75, 3.05) is 11.4 Å². The van der Waals surface area contributed by atoms with Crippen LogP contribution in [0, 0.1) is 6.92 Å². The molecule has 1 heterocycles. The van der Waals surface area contributed by atoms with Gasteiger partial charge >= 0.3 is 5.97 Å². The Morgan fingerprint density at radius 3 is 2.83 bits per heavy atom. The lowest BCUT2D eigenvalue weighted by Gasteiger charge is -2.33. The molecule has 1 aromatic rings. The molecule has 1 aliphatic rings. The number of anilines is 1. The Kier molecular flexibility index (Phi) is 3.23. The Morgan fingerprint density at radius 1 is 1.50 bits per heavy atom. The van der Waals surface area contributed by atoms with E-state index in [1.807, 2.05) is 32.0 Å². The predicted octanol–water partition coefficient (Wildman–Crippen LogP) is 1.58. The van der Waals surface area contributed by atoms with Crippen LogP contribution in [0.2, 0.25) is 0 Å². The molecule has 0 saturated carbocycles. The summed E-state index contributed by atoms with van der Waals surface area (Å²) >= 11 is 0. The zero-order valence-corrected chi connectivity index (χ0v) is 10.3. The third-order valence-corrected chi connectivity index (χ3v) is 2.89. The molecule has 1 atom stereocenters. The van der Waals surface area contributed by atoms with Crippen LogP contribution in [0.1, 0.15) is 18.9 Å². The fraction of sp³-hybridized carbons (Fsp3) is 0.385. The van der Waals surface area contributed by atoms with Crippen molar-refractivity contribution in [2.45, 2.75) is 26.4 Å². The summed E-state index contributed by atoms with van der Waals surface area (Å²) in [4.78, 5) is 24.4. The number of fused-ring (bicyclic) bond motifs is 1. The number of hydrogen-bond acceptors (Lipinski definition) is 3. The summed E-state index contributed by atoms with van der Waals surface area (Å²) in [5.41, 5.74) is 1.71. The molecule has 96 valence electrons. The lowest BCUT2D eigenvalue weighted by atomic mass is 10.1. The number of amides is 1. The lowest BCUT2D eigenvalue weighted by molar-refractivity contribution is -0.142. The number of ether oxygens (including phenoxy) is 1. The third kappa shape index (κ3) is 2.16. The average Bonchev–Trinajstić information content (AvgIpc) is 2.30. The first-order chi connectivity index (χ1) is 8.52. The maximum absolute atomic E-state index is 12.1.